The van der Waals surface area contributed by atoms with Crippen molar-refractivity contribution in [3.63, 3.8) is 0 Å². The van der Waals surface area contributed by atoms with Gasteiger partial charge in [-0.15, -0.1) is 0 Å². The van der Waals surface area contributed by atoms with Crippen molar-refractivity contribution in [3.05, 3.63) is 29.8 Å². The first-order valence-corrected chi connectivity index (χ1v) is 7.35. The number of nitrogens with zero attached hydrogens (tertiary/aromatic N) is 1. The molecule has 3 nitrogen and oxygen atoms in total. The average molecular weight is 262 g/mol. The molecule has 0 amide bonds. The maximum absolute atomic E-state index is 5.29. The maximum Gasteiger partial charge on any atom is 0.119 e. The molecule has 1 saturated heterocycles. The van der Waals surface area contributed by atoms with E-state index >= 15 is 0 Å². The van der Waals surface area contributed by atoms with Gasteiger partial charge in [-0.3, -0.25) is 0 Å². The molecule has 1 aromatic rings. The SMILES string of the molecule is CCN1CCCC(NC(C)c2cccc(OC)c2)C1. The first-order valence-electron chi connectivity index (χ1n) is 7.35. The molecule has 1 fully saturated rings. The largest absolute Gasteiger partial charge is 0.497 e. The quantitative estimate of drug-likeness (QED) is 0.883. The third kappa shape index (κ3) is 3.95. The zero-order chi connectivity index (χ0) is 13.7. The Morgan fingerprint density at radius 3 is 3.05 bits per heavy atom. The van der Waals surface area contributed by atoms with Crippen LogP contribution in [0, 0.1) is 0 Å². The molecule has 0 saturated carbocycles. The summed E-state index contributed by atoms with van der Waals surface area (Å²) < 4.78 is 5.29. The van der Waals surface area contributed by atoms with Gasteiger partial charge in [0, 0.05) is 18.6 Å². The molecule has 0 radical (unpaired) electrons. The molecule has 2 atom stereocenters. The average Bonchev–Trinajstić information content (AvgIpc) is 2.47. The van der Waals surface area contributed by atoms with Crippen molar-refractivity contribution in [2.45, 2.75) is 38.8 Å². The number of likely N-dealkylation sites (tertiary alicyclic amines) is 1. The fourth-order valence-corrected chi connectivity index (χ4v) is 2.84. The molecule has 1 aliphatic rings. The Balaban J connectivity index is 1.94. The van der Waals surface area contributed by atoms with Crippen molar-refractivity contribution >= 4 is 0 Å². The zero-order valence-corrected chi connectivity index (χ0v) is 12.4. The Morgan fingerprint density at radius 1 is 1.47 bits per heavy atom. The lowest BCUT2D eigenvalue weighted by molar-refractivity contribution is 0.192. The van der Waals surface area contributed by atoms with Crippen LogP contribution in [0.4, 0.5) is 0 Å². The summed E-state index contributed by atoms with van der Waals surface area (Å²) in [5.41, 5.74) is 1.30. The van der Waals surface area contributed by atoms with E-state index in [2.05, 4.69) is 42.3 Å². The number of likely N-dealkylation sites (N-methyl/N-ethyl adjacent to an activating group) is 1. The highest BCUT2D eigenvalue weighted by Gasteiger charge is 2.20. The second-order valence-electron chi connectivity index (χ2n) is 5.40. The van der Waals surface area contributed by atoms with E-state index in [1.807, 2.05) is 6.07 Å². The molecule has 2 unspecified atom stereocenters. The topological polar surface area (TPSA) is 24.5 Å². The molecule has 1 N–H and O–H groups in total. The summed E-state index contributed by atoms with van der Waals surface area (Å²) in [5.74, 6) is 0.935. The molecule has 0 aromatic heterocycles. The van der Waals surface area contributed by atoms with E-state index in [9.17, 15) is 0 Å². The number of ether oxygens (including phenoxy) is 1. The summed E-state index contributed by atoms with van der Waals surface area (Å²) in [5, 5.41) is 3.75. The second kappa shape index (κ2) is 6.92. The first kappa shape index (κ1) is 14.4. The van der Waals surface area contributed by atoms with E-state index in [-0.39, 0.29) is 0 Å². The summed E-state index contributed by atoms with van der Waals surface area (Å²) in [6, 6.07) is 9.33. The van der Waals surface area contributed by atoms with Crippen LogP contribution in [0.5, 0.6) is 5.75 Å². The van der Waals surface area contributed by atoms with E-state index in [1.165, 1.54) is 31.5 Å². The summed E-state index contributed by atoms with van der Waals surface area (Å²) in [6.45, 7) is 8.06. The van der Waals surface area contributed by atoms with Crippen molar-refractivity contribution in [2.75, 3.05) is 26.7 Å². The monoisotopic (exact) mass is 262 g/mol. The molecule has 0 aliphatic carbocycles. The van der Waals surface area contributed by atoms with E-state index in [0.29, 0.717) is 12.1 Å². The molecular weight excluding hydrogens is 236 g/mol. The minimum absolute atomic E-state index is 0.372. The Labute approximate surface area is 116 Å². The zero-order valence-electron chi connectivity index (χ0n) is 12.4. The van der Waals surface area contributed by atoms with Crippen molar-refractivity contribution in [1.82, 2.24) is 10.2 Å². The van der Waals surface area contributed by atoms with Crippen molar-refractivity contribution in [3.8, 4) is 5.75 Å². The van der Waals surface area contributed by atoms with Gasteiger partial charge in [0.1, 0.15) is 5.75 Å². The standard InChI is InChI=1S/C16H26N2O/c1-4-18-10-6-8-15(12-18)17-13(2)14-7-5-9-16(11-14)19-3/h5,7,9,11,13,15,17H,4,6,8,10,12H2,1-3H3. The van der Waals surface area contributed by atoms with Gasteiger partial charge in [-0.25, -0.2) is 0 Å². The third-order valence-corrected chi connectivity index (χ3v) is 4.03. The van der Waals surface area contributed by atoms with Gasteiger partial charge >= 0.3 is 0 Å². The lowest BCUT2D eigenvalue weighted by Gasteiger charge is -2.34. The van der Waals surface area contributed by atoms with E-state index in [0.717, 1.165) is 12.3 Å². The van der Waals surface area contributed by atoms with Crippen LogP contribution in [0.25, 0.3) is 0 Å². The summed E-state index contributed by atoms with van der Waals surface area (Å²) >= 11 is 0. The summed E-state index contributed by atoms with van der Waals surface area (Å²) in [4.78, 5) is 2.53. The van der Waals surface area contributed by atoms with E-state index in [4.69, 9.17) is 4.74 Å². The molecule has 1 aromatic carbocycles. The highest BCUT2D eigenvalue weighted by molar-refractivity contribution is 5.30. The highest BCUT2D eigenvalue weighted by atomic mass is 16.5. The molecule has 3 heteroatoms. The van der Waals surface area contributed by atoms with Crippen molar-refractivity contribution in [1.29, 1.82) is 0 Å². The van der Waals surface area contributed by atoms with E-state index < -0.39 is 0 Å². The Bertz CT molecular complexity index is 394. The van der Waals surface area contributed by atoms with Gasteiger partial charge in [0.05, 0.1) is 7.11 Å². The fraction of sp³-hybridized carbons (Fsp3) is 0.625. The van der Waals surface area contributed by atoms with Crippen LogP contribution in [-0.2, 0) is 0 Å². The van der Waals surface area contributed by atoms with Gasteiger partial charge in [0.15, 0.2) is 0 Å². The van der Waals surface area contributed by atoms with Crippen LogP contribution < -0.4 is 10.1 Å². The molecule has 19 heavy (non-hydrogen) atoms. The molecule has 106 valence electrons. The Kier molecular flexibility index (Phi) is 5.23. The lowest BCUT2D eigenvalue weighted by atomic mass is 10.0. The minimum atomic E-state index is 0.372. The highest BCUT2D eigenvalue weighted by Crippen LogP contribution is 2.20. The predicted octanol–water partition coefficient (Wildman–Crippen LogP) is 2.83. The predicted molar refractivity (Wildman–Crippen MR) is 79.7 cm³/mol. The van der Waals surface area contributed by atoms with Gasteiger partial charge in [0.2, 0.25) is 0 Å². The normalized spacial score (nSPS) is 22.2. The molecule has 1 aliphatic heterocycles. The number of piperidine rings is 1. The molecule has 0 spiro atoms. The number of benzene rings is 1. The summed E-state index contributed by atoms with van der Waals surface area (Å²) in [6.07, 6.45) is 2.58. The second-order valence-corrected chi connectivity index (χ2v) is 5.40. The van der Waals surface area contributed by atoms with Crippen LogP contribution >= 0.6 is 0 Å². The van der Waals surface area contributed by atoms with E-state index in [1.54, 1.807) is 7.11 Å². The minimum Gasteiger partial charge on any atom is -0.497 e. The van der Waals surface area contributed by atoms with Crippen LogP contribution in [0.1, 0.15) is 38.3 Å². The number of hydrogen-bond acceptors (Lipinski definition) is 3. The molecular formula is C16H26N2O. The van der Waals surface area contributed by atoms with Crippen LogP contribution in [0.3, 0.4) is 0 Å². The van der Waals surface area contributed by atoms with Crippen molar-refractivity contribution < 1.29 is 4.74 Å². The third-order valence-electron chi connectivity index (χ3n) is 4.03. The van der Waals surface area contributed by atoms with Crippen LogP contribution in [0.2, 0.25) is 0 Å². The number of methoxy groups -OCH3 is 1. The number of rotatable bonds is 5. The Hall–Kier alpha value is -1.06. The number of nitrogens with one attached hydrogen (secondary N) is 1. The summed E-state index contributed by atoms with van der Waals surface area (Å²) in [7, 11) is 1.72. The van der Waals surface area contributed by atoms with Gasteiger partial charge in [-0.05, 0) is 50.6 Å². The van der Waals surface area contributed by atoms with Crippen molar-refractivity contribution in [2.24, 2.45) is 0 Å². The van der Waals surface area contributed by atoms with Crippen LogP contribution in [-0.4, -0.2) is 37.7 Å². The van der Waals surface area contributed by atoms with Crippen LogP contribution in [0.15, 0.2) is 24.3 Å². The lowest BCUT2D eigenvalue weighted by Crippen LogP contribution is -2.46. The van der Waals surface area contributed by atoms with Gasteiger partial charge in [-0.1, -0.05) is 19.1 Å². The molecule has 0 bridgehead atoms. The van der Waals surface area contributed by atoms with Gasteiger partial charge in [0.25, 0.3) is 0 Å². The number of hydrogen-bond donors (Lipinski definition) is 1. The Morgan fingerprint density at radius 2 is 2.32 bits per heavy atom. The first-order chi connectivity index (χ1) is 9.22. The fourth-order valence-electron chi connectivity index (χ4n) is 2.84. The smallest absolute Gasteiger partial charge is 0.119 e. The van der Waals surface area contributed by atoms with Gasteiger partial charge in [-0.2, -0.15) is 0 Å². The molecule has 2 rings (SSSR count). The molecule has 1 heterocycles. The van der Waals surface area contributed by atoms with Gasteiger partial charge < -0.3 is 15.0 Å². The maximum atomic E-state index is 5.29.